The van der Waals surface area contributed by atoms with Gasteiger partial charge in [-0.3, -0.25) is 10.2 Å². The predicted octanol–water partition coefficient (Wildman–Crippen LogP) is -1.03. The van der Waals surface area contributed by atoms with E-state index in [0.717, 1.165) is 0 Å². The average Bonchev–Trinajstić information content (AvgIpc) is 1.97. The van der Waals surface area contributed by atoms with Gasteiger partial charge in [0.25, 0.3) is 0 Å². The molecule has 0 aromatic rings. The molecule has 0 saturated carbocycles. The lowest BCUT2D eigenvalue weighted by atomic mass is 10.2. The zero-order valence-corrected chi connectivity index (χ0v) is 6.86. The van der Waals surface area contributed by atoms with Crippen molar-refractivity contribution in [3.63, 3.8) is 0 Å². The standard InChI is InChI=1S/C6H13N3O3/c1-12-4-9-8-3-5(7)2-6(10)11/h3,5,9H,2,4,7H2,1H3,(H,10,11)/b8-3+/t5-/m0/s1. The second kappa shape index (κ2) is 6.56. The zero-order chi connectivity index (χ0) is 9.40. The van der Waals surface area contributed by atoms with Gasteiger partial charge in [-0.15, -0.1) is 0 Å². The van der Waals surface area contributed by atoms with Crippen molar-refractivity contribution in [3.05, 3.63) is 0 Å². The van der Waals surface area contributed by atoms with Crippen molar-refractivity contribution in [1.82, 2.24) is 5.43 Å². The number of hydrogen-bond donors (Lipinski definition) is 3. The Morgan fingerprint density at radius 2 is 2.58 bits per heavy atom. The molecule has 0 aromatic heterocycles. The summed E-state index contributed by atoms with van der Waals surface area (Å²) in [5, 5.41) is 11.9. The lowest BCUT2D eigenvalue weighted by Gasteiger charge is -2.01. The second-order valence-electron chi connectivity index (χ2n) is 2.13. The van der Waals surface area contributed by atoms with Crippen LogP contribution >= 0.6 is 0 Å². The Labute approximate surface area is 70.4 Å². The third-order valence-electron chi connectivity index (χ3n) is 0.977. The van der Waals surface area contributed by atoms with Gasteiger partial charge in [0.15, 0.2) is 0 Å². The zero-order valence-electron chi connectivity index (χ0n) is 6.86. The van der Waals surface area contributed by atoms with Crippen LogP contribution in [-0.4, -0.2) is 37.2 Å². The third kappa shape index (κ3) is 6.97. The molecule has 0 heterocycles. The highest BCUT2D eigenvalue weighted by Crippen LogP contribution is 1.82. The third-order valence-corrected chi connectivity index (χ3v) is 0.977. The van der Waals surface area contributed by atoms with Crippen molar-refractivity contribution in [3.8, 4) is 0 Å². The van der Waals surface area contributed by atoms with Gasteiger partial charge in [-0.05, 0) is 0 Å². The van der Waals surface area contributed by atoms with Crippen LogP contribution in [0.5, 0.6) is 0 Å². The lowest BCUT2D eigenvalue weighted by Crippen LogP contribution is -2.26. The fraction of sp³-hybridized carbons (Fsp3) is 0.667. The summed E-state index contributed by atoms with van der Waals surface area (Å²) in [7, 11) is 1.51. The Morgan fingerprint density at radius 3 is 3.08 bits per heavy atom. The Hall–Kier alpha value is -1.14. The van der Waals surface area contributed by atoms with E-state index in [0.29, 0.717) is 0 Å². The minimum atomic E-state index is -0.944. The molecule has 1 atom stereocenters. The van der Waals surface area contributed by atoms with Crippen molar-refractivity contribution >= 4 is 12.2 Å². The second-order valence-corrected chi connectivity index (χ2v) is 2.13. The molecule has 70 valence electrons. The van der Waals surface area contributed by atoms with Gasteiger partial charge >= 0.3 is 5.97 Å². The molecule has 0 spiro atoms. The summed E-state index contributed by atoms with van der Waals surface area (Å²) in [6.45, 7) is 0.274. The van der Waals surface area contributed by atoms with Gasteiger partial charge in [0.1, 0.15) is 6.73 Å². The number of nitrogens with two attached hydrogens (primary N) is 1. The van der Waals surface area contributed by atoms with Gasteiger partial charge in [-0.2, -0.15) is 5.10 Å². The molecule has 0 amide bonds. The minimum Gasteiger partial charge on any atom is -0.481 e. The number of nitrogens with one attached hydrogen (secondary N) is 1. The van der Waals surface area contributed by atoms with E-state index in [2.05, 4.69) is 15.3 Å². The van der Waals surface area contributed by atoms with Crippen LogP contribution in [0.25, 0.3) is 0 Å². The van der Waals surface area contributed by atoms with Gasteiger partial charge in [0, 0.05) is 13.3 Å². The van der Waals surface area contributed by atoms with Gasteiger partial charge in [-0.1, -0.05) is 0 Å². The Kier molecular flexibility index (Phi) is 5.94. The molecule has 4 N–H and O–H groups in total. The van der Waals surface area contributed by atoms with Gasteiger partial charge in [-0.25, -0.2) is 0 Å². The molecule has 0 unspecified atom stereocenters. The molecule has 6 heteroatoms. The van der Waals surface area contributed by atoms with Crippen LogP contribution in [-0.2, 0) is 9.53 Å². The maximum Gasteiger partial charge on any atom is 0.305 e. The number of ether oxygens (including phenoxy) is 1. The monoisotopic (exact) mass is 175 g/mol. The van der Waals surface area contributed by atoms with Crippen LogP contribution in [0.3, 0.4) is 0 Å². The molecule has 0 saturated heterocycles. The van der Waals surface area contributed by atoms with Crippen LogP contribution in [0.15, 0.2) is 5.10 Å². The molecule has 0 aliphatic rings. The number of carboxylic acid groups (broad SMARTS) is 1. The first-order valence-corrected chi connectivity index (χ1v) is 3.39. The van der Waals surface area contributed by atoms with Crippen LogP contribution < -0.4 is 11.2 Å². The first-order chi connectivity index (χ1) is 5.66. The van der Waals surface area contributed by atoms with E-state index < -0.39 is 12.0 Å². The van der Waals surface area contributed by atoms with E-state index in [1.54, 1.807) is 0 Å². The fourth-order valence-electron chi connectivity index (χ4n) is 0.505. The van der Waals surface area contributed by atoms with E-state index in [1.807, 2.05) is 0 Å². The summed E-state index contributed by atoms with van der Waals surface area (Å²) >= 11 is 0. The number of hydrazone groups is 1. The Bertz CT molecular complexity index is 160. The molecule has 0 radical (unpaired) electrons. The van der Waals surface area contributed by atoms with Gasteiger partial charge in [0.2, 0.25) is 0 Å². The van der Waals surface area contributed by atoms with E-state index in [9.17, 15) is 4.79 Å². The van der Waals surface area contributed by atoms with Crippen molar-refractivity contribution in [2.24, 2.45) is 10.8 Å². The Morgan fingerprint density at radius 1 is 1.92 bits per heavy atom. The number of hydrogen-bond acceptors (Lipinski definition) is 5. The number of rotatable bonds is 6. The normalized spacial score (nSPS) is 13.2. The fourth-order valence-corrected chi connectivity index (χ4v) is 0.505. The molecule has 0 aliphatic carbocycles. The summed E-state index contributed by atoms with van der Waals surface area (Å²) in [6.07, 6.45) is 1.20. The van der Waals surface area contributed by atoms with Crippen LogP contribution in [0, 0.1) is 0 Å². The quantitative estimate of drug-likeness (QED) is 0.207. The molecule has 0 aromatic carbocycles. The van der Waals surface area contributed by atoms with Crippen molar-refractivity contribution in [1.29, 1.82) is 0 Å². The number of nitrogens with zero attached hydrogens (tertiary/aromatic N) is 1. The van der Waals surface area contributed by atoms with Crippen molar-refractivity contribution < 1.29 is 14.6 Å². The van der Waals surface area contributed by atoms with E-state index in [1.165, 1.54) is 13.3 Å². The number of carboxylic acids is 1. The van der Waals surface area contributed by atoms with E-state index in [-0.39, 0.29) is 13.2 Å². The average molecular weight is 175 g/mol. The molecular weight excluding hydrogens is 162 g/mol. The number of methoxy groups -OCH3 is 1. The summed E-state index contributed by atoms with van der Waals surface area (Å²) in [5.74, 6) is -0.944. The molecule has 0 bridgehead atoms. The number of aliphatic carboxylic acids is 1. The topological polar surface area (TPSA) is 96.9 Å². The molecule has 12 heavy (non-hydrogen) atoms. The molecule has 0 fully saturated rings. The summed E-state index contributed by atoms with van der Waals surface area (Å²) < 4.78 is 4.62. The van der Waals surface area contributed by atoms with Gasteiger partial charge in [0.05, 0.1) is 12.5 Å². The highest BCUT2D eigenvalue weighted by molar-refractivity contribution is 5.75. The maximum absolute atomic E-state index is 10.1. The molecule has 0 rings (SSSR count). The van der Waals surface area contributed by atoms with E-state index in [4.69, 9.17) is 10.8 Å². The van der Waals surface area contributed by atoms with Crippen molar-refractivity contribution in [2.75, 3.05) is 13.8 Å². The summed E-state index contributed by atoms with van der Waals surface area (Å²) in [6, 6.07) is -0.563. The highest BCUT2D eigenvalue weighted by atomic mass is 16.5. The maximum atomic E-state index is 10.1. The number of carbonyl (C=O) groups is 1. The van der Waals surface area contributed by atoms with Crippen LogP contribution in [0.1, 0.15) is 6.42 Å². The largest absolute Gasteiger partial charge is 0.481 e. The van der Waals surface area contributed by atoms with Crippen LogP contribution in [0.2, 0.25) is 0 Å². The van der Waals surface area contributed by atoms with E-state index >= 15 is 0 Å². The predicted molar refractivity (Wildman–Crippen MR) is 43.7 cm³/mol. The summed E-state index contributed by atoms with van der Waals surface area (Å²) in [4.78, 5) is 10.1. The smallest absolute Gasteiger partial charge is 0.305 e. The van der Waals surface area contributed by atoms with Crippen molar-refractivity contribution in [2.45, 2.75) is 12.5 Å². The SMILES string of the molecule is COCN/N=C/[C@@H](N)CC(=O)O. The minimum absolute atomic E-state index is 0.127. The first kappa shape index (κ1) is 10.9. The molecule has 0 aliphatic heterocycles. The van der Waals surface area contributed by atoms with Gasteiger partial charge < -0.3 is 15.6 Å². The van der Waals surface area contributed by atoms with Crippen LogP contribution in [0.4, 0.5) is 0 Å². The Balaban J connectivity index is 3.46. The molecular formula is C6H13N3O3. The molecule has 6 nitrogen and oxygen atoms in total. The highest BCUT2D eigenvalue weighted by Gasteiger charge is 2.03. The summed E-state index contributed by atoms with van der Waals surface area (Å²) in [5.41, 5.74) is 7.86. The lowest BCUT2D eigenvalue weighted by molar-refractivity contribution is -0.137. The first-order valence-electron chi connectivity index (χ1n) is 3.39.